The van der Waals surface area contributed by atoms with Gasteiger partial charge in [-0.25, -0.2) is 4.68 Å². The molecule has 0 fully saturated rings. The number of hydrogen-bond acceptors (Lipinski definition) is 2. The lowest BCUT2D eigenvalue weighted by molar-refractivity contribution is -0.137. The average Bonchev–Trinajstić information content (AvgIpc) is 3.23. The summed E-state index contributed by atoms with van der Waals surface area (Å²) >= 11 is 0. The molecule has 0 saturated heterocycles. The van der Waals surface area contributed by atoms with Gasteiger partial charge in [0.15, 0.2) is 0 Å². The van der Waals surface area contributed by atoms with Gasteiger partial charge in [-0.1, -0.05) is 43.3 Å². The number of nitrogens with one attached hydrogen (secondary N) is 1. The van der Waals surface area contributed by atoms with Crippen molar-refractivity contribution in [2.24, 2.45) is 0 Å². The maximum absolute atomic E-state index is 13.5. The summed E-state index contributed by atoms with van der Waals surface area (Å²) in [6, 6.07) is 13.5. The van der Waals surface area contributed by atoms with Gasteiger partial charge < -0.3 is 5.32 Å². The van der Waals surface area contributed by atoms with Gasteiger partial charge >= 0.3 is 6.18 Å². The van der Waals surface area contributed by atoms with Crippen molar-refractivity contribution in [3.05, 3.63) is 65.2 Å². The second-order valence-electron chi connectivity index (χ2n) is 6.29. The minimum Gasteiger partial charge on any atom is -0.369 e. The van der Waals surface area contributed by atoms with Crippen LogP contribution >= 0.6 is 0 Å². The molecule has 3 aromatic rings. The molecule has 26 heavy (non-hydrogen) atoms. The number of alkyl halides is 3. The predicted molar refractivity (Wildman–Crippen MR) is 95.6 cm³/mol. The van der Waals surface area contributed by atoms with Gasteiger partial charge in [0.2, 0.25) is 0 Å². The molecular formula is C20H18F3N3. The highest BCUT2D eigenvalue weighted by Gasteiger charge is 2.35. The molecule has 0 atom stereocenters. The summed E-state index contributed by atoms with van der Waals surface area (Å²) in [5.41, 5.74) is 2.73. The summed E-state index contributed by atoms with van der Waals surface area (Å²) in [6.45, 7) is 2.75. The number of halogens is 3. The van der Waals surface area contributed by atoms with Crippen LogP contribution in [0.4, 0.5) is 19.0 Å². The first-order valence-electron chi connectivity index (χ1n) is 8.61. The van der Waals surface area contributed by atoms with E-state index in [2.05, 4.69) is 17.3 Å². The Balaban J connectivity index is 1.94. The number of anilines is 1. The molecule has 0 unspecified atom stereocenters. The summed E-state index contributed by atoms with van der Waals surface area (Å²) in [6.07, 6.45) is -2.94. The number of nitrogens with zero attached hydrogens (tertiary/aromatic N) is 2. The number of benzene rings is 2. The van der Waals surface area contributed by atoms with Crippen LogP contribution in [0.15, 0.2) is 48.5 Å². The van der Waals surface area contributed by atoms with E-state index in [1.807, 2.05) is 24.3 Å². The van der Waals surface area contributed by atoms with E-state index < -0.39 is 11.7 Å². The molecule has 0 amide bonds. The van der Waals surface area contributed by atoms with Crippen LogP contribution in [0, 0.1) is 0 Å². The summed E-state index contributed by atoms with van der Waals surface area (Å²) in [4.78, 5) is 0. The Labute approximate surface area is 149 Å². The van der Waals surface area contributed by atoms with E-state index in [0.717, 1.165) is 35.1 Å². The Morgan fingerprint density at radius 3 is 2.58 bits per heavy atom. The lowest BCUT2D eigenvalue weighted by Crippen LogP contribution is -2.09. The highest BCUT2D eigenvalue weighted by molar-refractivity contribution is 5.75. The summed E-state index contributed by atoms with van der Waals surface area (Å²) in [5.74, 6) is 0.790. The molecule has 0 spiro atoms. The smallest absolute Gasteiger partial charge is 0.369 e. The number of para-hydroxylation sites is 1. The Bertz CT molecular complexity index is 957. The molecule has 2 aromatic carbocycles. The molecule has 1 N–H and O–H groups in total. The monoisotopic (exact) mass is 357 g/mol. The Morgan fingerprint density at radius 1 is 1.08 bits per heavy atom. The minimum absolute atomic E-state index is 0.132. The van der Waals surface area contributed by atoms with Gasteiger partial charge in [0.25, 0.3) is 0 Å². The zero-order valence-electron chi connectivity index (χ0n) is 14.3. The van der Waals surface area contributed by atoms with Crippen molar-refractivity contribution >= 4 is 5.82 Å². The Hall–Kier alpha value is -2.76. The van der Waals surface area contributed by atoms with Gasteiger partial charge in [-0.15, -0.1) is 0 Å². The molecular weight excluding hydrogens is 339 g/mol. The number of aryl methyl sites for hydroxylation is 1. The lowest BCUT2D eigenvalue weighted by Gasteiger charge is -2.12. The molecule has 0 aliphatic carbocycles. The molecule has 1 aromatic heterocycles. The van der Waals surface area contributed by atoms with E-state index in [4.69, 9.17) is 0 Å². The van der Waals surface area contributed by atoms with E-state index in [-0.39, 0.29) is 5.56 Å². The van der Waals surface area contributed by atoms with Crippen LogP contribution in [0.5, 0.6) is 0 Å². The first kappa shape index (κ1) is 16.7. The van der Waals surface area contributed by atoms with E-state index in [0.29, 0.717) is 18.7 Å². The predicted octanol–water partition coefficient (Wildman–Crippen LogP) is 5.09. The quantitative estimate of drug-likeness (QED) is 0.708. The first-order valence-corrected chi connectivity index (χ1v) is 8.61. The molecule has 1 aliphatic rings. The fourth-order valence-corrected chi connectivity index (χ4v) is 3.52. The van der Waals surface area contributed by atoms with Crippen LogP contribution in [-0.4, -0.2) is 16.3 Å². The SMILES string of the molecule is CCc1ccccc1-n1nc(-c2ccccc2C(F)(F)F)c2c1NCC2. The van der Waals surface area contributed by atoms with Crippen molar-refractivity contribution in [3.8, 4) is 16.9 Å². The van der Waals surface area contributed by atoms with E-state index in [1.54, 1.807) is 10.7 Å². The highest BCUT2D eigenvalue weighted by atomic mass is 19.4. The van der Waals surface area contributed by atoms with Crippen LogP contribution in [0.25, 0.3) is 16.9 Å². The second-order valence-corrected chi connectivity index (χ2v) is 6.29. The molecule has 0 saturated carbocycles. The van der Waals surface area contributed by atoms with Crippen molar-refractivity contribution in [1.82, 2.24) is 9.78 Å². The molecule has 134 valence electrons. The van der Waals surface area contributed by atoms with Crippen LogP contribution in [-0.2, 0) is 19.0 Å². The third-order valence-electron chi connectivity index (χ3n) is 4.74. The Kier molecular flexibility index (Phi) is 3.98. The number of aromatic nitrogens is 2. The van der Waals surface area contributed by atoms with Crippen molar-refractivity contribution in [2.75, 3.05) is 11.9 Å². The zero-order valence-corrected chi connectivity index (χ0v) is 14.3. The van der Waals surface area contributed by atoms with Crippen LogP contribution in [0.2, 0.25) is 0 Å². The summed E-state index contributed by atoms with van der Waals surface area (Å²) < 4.78 is 42.2. The van der Waals surface area contributed by atoms with E-state index >= 15 is 0 Å². The molecule has 0 radical (unpaired) electrons. The van der Waals surface area contributed by atoms with Crippen molar-refractivity contribution < 1.29 is 13.2 Å². The minimum atomic E-state index is -4.42. The third-order valence-corrected chi connectivity index (χ3v) is 4.74. The lowest BCUT2D eigenvalue weighted by atomic mass is 10.0. The zero-order chi connectivity index (χ0) is 18.3. The maximum Gasteiger partial charge on any atom is 0.417 e. The highest BCUT2D eigenvalue weighted by Crippen LogP contribution is 2.41. The number of rotatable bonds is 3. The average molecular weight is 357 g/mol. The molecule has 1 aliphatic heterocycles. The topological polar surface area (TPSA) is 29.9 Å². The van der Waals surface area contributed by atoms with E-state index in [1.165, 1.54) is 12.1 Å². The largest absolute Gasteiger partial charge is 0.417 e. The van der Waals surface area contributed by atoms with Gasteiger partial charge in [0, 0.05) is 17.7 Å². The van der Waals surface area contributed by atoms with Crippen molar-refractivity contribution in [2.45, 2.75) is 25.9 Å². The molecule has 0 bridgehead atoms. The molecule has 3 nitrogen and oxygen atoms in total. The van der Waals surface area contributed by atoms with Gasteiger partial charge in [-0.2, -0.15) is 18.3 Å². The number of fused-ring (bicyclic) bond motifs is 1. The first-order chi connectivity index (χ1) is 12.5. The van der Waals surface area contributed by atoms with Crippen LogP contribution in [0.3, 0.4) is 0 Å². The van der Waals surface area contributed by atoms with Gasteiger partial charge in [-0.3, -0.25) is 0 Å². The fourth-order valence-electron chi connectivity index (χ4n) is 3.52. The molecule has 2 heterocycles. The number of hydrogen-bond donors (Lipinski definition) is 1. The normalized spacial score (nSPS) is 13.5. The maximum atomic E-state index is 13.5. The van der Waals surface area contributed by atoms with Crippen molar-refractivity contribution in [3.63, 3.8) is 0 Å². The summed E-state index contributed by atoms with van der Waals surface area (Å²) in [5, 5.41) is 7.90. The van der Waals surface area contributed by atoms with Gasteiger partial charge in [-0.05, 0) is 30.5 Å². The summed E-state index contributed by atoms with van der Waals surface area (Å²) in [7, 11) is 0. The van der Waals surface area contributed by atoms with Gasteiger partial charge in [0.1, 0.15) is 5.82 Å². The van der Waals surface area contributed by atoms with E-state index in [9.17, 15) is 13.2 Å². The van der Waals surface area contributed by atoms with Crippen molar-refractivity contribution in [1.29, 1.82) is 0 Å². The fraction of sp³-hybridized carbons (Fsp3) is 0.250. The molecule has 6 heteroatoms. The van der Waals surface area contributed by atoms with Gasteiger partial charge in [0.05, 0.1) is 16.9 Å². The second kappa shape index (κ2) is 6.20. The standard InChI is InChI=1S/C20H18F3N3/c1-2-13-7-3-6-10-17(13)26-19-15(11-12-24-19)18(25-26)14-8-4-5-9-16(14)20(21,22)23/h3-10,24H,2,11-12H2,1H3. The molecule has 4 rings (SSSR count). The van der Waals surface area contributed by atoms with Crippen LogP contribution < -0.4 is 5.32 Å². The Morgan fingerprint density at radius 2 is 1.81 bits per heavy atom. The van der Waals surface area contributed by atoms with Crippen LogP contribution in [0.1, 0.15) is 23.6 Å². The third kappa shape index (κ3) is 2.66.